The number of hydrogen-bond donors (Lipinski definition) is 2. The van der Waals surface area contributed by atoms with Gasteiger partial charge in [-0.15, -0.1) is 5.10 Å². The van der Waals surface area contributed by atoms with E-state index in [0.29, 0.717) is 24.4 Å². The van der Waals surface area contributed by atoms with Crippen LogP contribution in [0.4, 0.5) is 10.5 Å². The van der Waals surface area contributed by atoms with Crippen molar-refractivity contribution >= 4 is 23.5 Å². The third-order valence-electron chi connectivity index (χ3n) is 5.14. The van der Waals surface area contributed by atoms with Crippen molar-refractivity contribution in [2.24, 2.45) is 0 Å². The van der Waals surface area contributed by atoms with Gasteiger partial charge in [-0.05, 0) is 72.1 Å². The Morgan fingerprint density at radius 2 is 1.82 bits per heavy atom. The summed E-state index contributed by atoms with van der Waals surface area (Å²) in [6.45, 7) is 13.4. The lowest BCUT2D eigenvalue weighted by atomic mass is 10.1. The number of nitrogens with one attached hydrogen (secondary N) is 2. The molecule has 2 aromatic heterocycles. The molecule has 176 valence electrons. The van der Waals surface area contributed by atoms with Crippen molar-refractivity contribution in [2.75, 3.05) is 5.32 Å². The van der Waals surface area contributed by atoms with Crippen LogP contribution >= 0.6 is 0 Å². The Bertz CT molecular complexity index is 1190. The summed E-state index contributed by atoms with van der Waals surface area (Å²) in [4.78, 5) is 33.4. The molecule has 0 aliphatic carbocycles. The van der Waals surface area contributed by atoms with Gasteiger partial charge in [0.25, 0.3) is 5.78 Å². The number of amides is 2. The molecule has 0 bridgehead atoms. The van der Waals surface area contributed by atoms with Crippen LogP contribution in [0.15, 0.2) is 18.2 Å². The molecule has 2 amide bonds. The van der Waals surface area contributed by atoms with Crippen molar-refractivity contribution in [1.29, 1.82) is 0 Å². The molecule has 3 rings (SSSR count). The molecule has 0 spiro atoms. The summed E-state index contributed by atoms with van der Waals surface area (Å²) in [6.07, 6.45) is 0.324. The molecule has 9 nitrogen and oxygen atoms in total. The van der Waals surface area contributed by atoms with Crippen LogP contribution in [0, 0.1) is 27.7 Å². The van der Waals surface area contributed by atoms with E-state index in [0.717, 1.165) is 33.8 Å². The number of alkyl carbamates (subject to hydrolysis) is 1. The molecule has 1 aromatic carbocycles. The van der Waals surface area contributed by atoms with Crippen molar-refractivity contribution < 1.29 is 14.3 Å². The van der Waals surface area contributed by atoms with Gasteiger partial charge in [-0.2, -0.15) is 4.98 Å². The second kappa shape index (κ2) is 9.56. The van der Waals surface area contributed by atoms with Gasteiger partial charge in [0.05, 0.1) is 6.54 Å². The zero-order valence-electron chi connectivity index (χ0n) is 20.4. The number of benzene rings is 1. The summed E-state index contributed by atoms with van der Waals surface area (Å²) in [5.41, 5.74) is 5.07. The van der Waals surface area contributed by atoms with E-state index >= 15 is 0 Å². The molecule has 9 heteroatoms. The summed E-state index contributed by atoms with van der Waals surface area (Å²) >= 11 is 0. The highest BCUT2D eigenvalue weighted by atomic mass is 16.6. The standard InChI is InChI=1S/C24H32N6O3/c1-14-8-10-19(15(2)12-14)27-21(31)11-9-18-16(3)26-22-28-20(29-30(22)17(18)4)13-25-23(32)33-24(5,6)7/h8,10,12H,9,11,13H2,1-7H3,(H,25,32)(H,27,31). The number of fused-ring (bicyclic) bond motifs is 1. The number of carbonyl (C=O) groups excluding carboxylic acids is 2. The van der Waals surface area contributed by atoms with Gasteiger partial charge in [-0.25, -0.2) is 14.3 Å². The Morgan fingerprint density at radius 1 is 1.09 bits per heavy atom. The molecule has 0 atom stereocenters. The van der Waals surface area contributed by atoms with E-state index in [2.05, 4.69) is 25.7 Å². The molecule has 0 aliphatic heterocycles. The minimum absolute atomic E-state index is 0.0540. The number of nitrogens with zero attached hydrogens (tertiary/aromatic N) is 4. The third kappa shape index (κ3) is 6.27. The van der Waals surface area contributed by atoms with Gasteiger partial charge in [0.1, 0.15) is 5.60 Å². The zero-order chi connectivity index (χ0) is 24.3. The highest BCUT2D eigenvalue weighted by Crippen LogP contribution is 2.19. The molecule has 33 heavy (non-hydrogen) atoms. The van der Waals surface area contributed by atoms with E-state index < -0.39 is 11.7 Å². The van der Waals surface area contributed by atoms with Crippen LogP contribution in [-0.4, -0.2) is 37.2 Å². The number of anilines is 1. The largest absolute Gasteiger partial charge is 0.444 e. The third-order valence-corrected chi connectivity index (χ3v) is 5.14. The molecule has 2 heterocycles. The van der Waals surface area contributed by atoms with Crippen LogP contribution in [0.25, 0.3) is 5.78 Å². The van der Waals surface area contributed by atoms with Crippen LogP contribution in [-0.2, 0) is 22.5 Å². The quantitative estimate of drug-likeness (QED) is 0.586. The van der Waals surface area contributed by atoms with E-state index in [9.17, 15) is 9.59 Å². The molecular formula is C24H32N6O3. The fourth-order valence-corrected chi connectivity index (χ4v) is 3.56. The molecule has 0 fully saturated rings. The monoisotopic (exact) mass is 452 g/mol. The highest BCUT2D eigenvalue weighted by Gasteiger charge is 2.18. The second-order valence-corrected chi connectivity index (χ2v) is 9.22. The first-order valence-corrected chi connectivity index (χ1v) is 11.0. The fourth-order valence-electron chi connectivity index (χ4n) is 3.56. The second-order valence-electron chi connectivity index (χ2n) is 9.22. The normalized spacial score (nSPS) is 11.5. The Hall–Kier alpha value is -3.49. The van der Waals surface area contributed by atoms with E-state index in [-0.39, 0.29) is 12.5 Å². The lowest BCUT2D eigenvalue weighted by Crippen LogP contribution is -2.32. The first kappa shape index (κ1) is 24.2. The summed E-state index contributed by atoms with van der Waals surface area (Å²) < 4.78 is 6.89. The van der Waals surface area contributed by atoms with Crippen molar-refractivity contribution in [2.45, 2.75) is 73.5 Å². The first-order chi connectivity index (χ1) is 15.4. The van der Waals surface area contributed by atoms with Crippen LogP contribution in [0.3, 0.4) is 0 Å². The number of aryl methyl sites for hydroxylation is 4. The summed E-state index contributed by atoms with van der Waals surface area (Å²) in [5, 5.41) is 10.1. The topological polar surface area (TPSA) is 111 Å². The average Bonchev–Trinajstić information content (AvgIpc) is 3.10. The Kier molecular flexibility index (Phi) is 7.00. The van der Waals surface area contributed by atoms with Gasteiger partial charge in [0.2, 0.25) is 5.91 Å². The lowest BCUT2D eigenvalue weighted by Gasteiger charge is -2.19. The molecule has 0 saturated carbocycles. The summed E-state index contributed by atoms with van der Waals surface area (Å²) in [5.74, 6) is 0.830. The predicted octanol–water partition coefficient (Wildman–Crippen LogP) is 3.95. The maximum Gasteiger partial charge on any atom is 0.408 e. The Morgan fingerprint density at radius 3 is 2.48 bits per heavy atom. The fraction of sp³-hybridized carbons (Fsp3) is 0.458. The van der Waals surface area contributed by atoms with Crippen LogP contribution in [0.2, 0.25) is 0 Å². The first-order valence-electron chi connectivity index (χ1n) is 11.0. The van der Waals surface area contributed by atoms with Gasteiger partial charge in [-0.1, -0.05) is 17.7 Å². The van der Waals surface area contributed by atoms with E-state index in [4.69, 9.17) is 4.74 Å². The smallest absolute Gasteiger partial charge is 0.408 e. The lowest BCUT2D eigenvalue weighted by molar-refractivity contribution is -0.116. The van der Waals surface area contributed by atoms with Crippen LogP contribution < -0.4 is 10.6 Å². The van der Waals surface area contributed by atoms with Crippen molar-refractivity contribution in [3.8, 4) is 0 Å². The maximum atomic E-state index is 12.5. The molecular weight excluding hydrogens is 420 g/mol. The van der Waals surface area contributed by atoms with Crippen molar-refractivity contribution in [1.82, 2.24) is 24.9 Å². The zero-order valence-corrected chi connectivity index (χ0v) is 20.4. The minimum Gasteiger partial charge on any atom is -0.444 e. The molecule has 2 N–H and O–H groups in total. The van der Waals surface area contributed by atoms with Gasteiger partial charge >= 0.3 is 6.09 Å². The Balaban J connectivity index is 1.68. The van der Waals surface area contributed by atoms with Crippen LogP contribution in [0.5, 0.6) is 0 Å². The molecule has 0 radical (unpaired) electrons. The minimum atomic E-state index is -0.578. The molecule has 0 aliphatic rings. The van der Waals surface area contributed by atoms with Gasteiger partial charge in [-0.3, -0.25) is 4.79 Å². The van der Waals surface area contributed by atoms with Gasteiger partial charge < -0.3 is 15.4 Å². The highest BCUT2D eigenvalue weighted by molar-refractivity contribution is 5.91. The number of rotatable bonds is 6. The van der Waals surface area contributed by atoms with Gasteiger partial charge in [0, 0.05) is 23.5 Å². The number of carbonyl (C=O) groups is 2. The van der Waals surface area contributed by atoms with Gasteiger partial charge in [0.15, 0.2) is 5.82 Å². The van der Waals surface area contributed by atoms with E-state index in [1.807, 2.05) is 45.9 Å². The van der Waals surface area contributed by atoms with Crippen LogP contribution in [0.1, 0.15) is 61.1 Å². The van der Waals surface area contributed by atoms with E-state index in [1.165, 1.54) is 0 Å². The predicted molar refractivity (Wildman–Crippen MR) is 126 cm³/mol. The average molecular weight is 453 g/mol. The van der Waals surface area contributed by atoms with Crippen molar-refractivity contribution in [3.63, 3.8) is 0 Å². The summed E-state index contributed by atoms with van der Waals surface area (Å²) in [7, 11) is 0. The Labute approximate surface area is 194 Å². The van der Waals surface area contributed by atoms with Crippen molar-refractivity contribution in [3.05, 3.63) is 52.1 Å². The molecule has 3 aromatic rings. The molecule has 0 saturated heterocycles. The number of aromatic nitrogens is 4. The van der Waals surface area contributed by atoms with E-state index in [1.54, 1.807) is 25.3 Å². The summed E-state index contributed by atoms with van der Waals surface area (Å²) in [6, 6.07) is 5.95. The number of ether oxygens (including phenoxy) is 1. The number of hydrogen-bond acceptors (Lipinski definition) is 6. The SMILES string of the molecule is Cc1ccc(NC(=O)CCc2c(C)nc3nc(CNC(=O)OC(C)(C)C)nn3c2C)c(C)c1. The molecule has 0 unspecified atom stereocenters. The maximum absolute atomic E-state index is 12.5.